The van der Waals surface area contributed by atoms with Crippen molar-refractivity contribution in [1.82, 2.24) is 4.98 Å². The topological polar surface area (TPSA) is 22.1 Å². The number of pyridine rings is 1. The van der Waals surface area contributed by atoms with Gasteiger partial charge in [0, 0.05) is 17.8 Å². The van der Waals surface area contributed by atoms with Gasteiger partial charge >= 0.3 is 12.8 Å². The number of ether oxygens (including phenoxy) is 1. The van der Waals surface area contributed by atoms with Crippen LogP contribution in [0.2, 0.25) is 0 Å². The number of alkyl halides is 5. The second-order valence-corrected chi connectivity index (χ2v) is 4.26. The van der Waals surface area contributed by atoms with Crippen LogP contribution in [-0.2, 0) is 6.18 Å². The molecule has 21 heavy (non-hydrogen) atoms. The van der Waals surface area contributed by atoms with E-state index in [1.807, 2.05) is 0 Å². The number of halogens is 5. The summed E-state index contributed by atoms with van der Waals surface area (Å²) < 4.78 is 67.2. The van der Waals surface area contributed by atoms with Gasteiger partial charge in [0.2, 0.25) is 5.88 Å². The van der Waals surface area contributed by atoms with E-state index in [2.05, 4.69) is 9.72 Å². The Hall–Kier alpha value is -2.18. The molecule has 2 rings (SSSR count). The summed E-state index contributed by atoms with van der Waals surface area (Å²) >= 11 is 0. The predicted octanol–water partition coefficient (Wildman–Crippen LogP) is 4.68. The largest absolute Gasteiger partial charge is 0.417 e. The summed E-state index contributed by atoms with van der Waals surface area (Å²) in [5, 5.41) is 0. The summed E-state index contributed by atoms with van der Waals surface area (Å²) in [5.74, 6) is -0.337. The van der Waals surface area contributed by atoms with Crippen molar-refractivity contribution in [2.45, 2.75) is 19.7 Å². The third-order valence-electron chi connectivity index (χ3n) is 2.82. The lowest BCUT2D eigenvalue weighted by molar-refractivity contribution is -0.137. The molecule has 0 bridgehead atoms. The normalized spacial score (nSPS) is 11.8. The number of nitrogens with zero attached hydrogens (tertiary/aromatic N) is 1. The number of benzene rings is 1. The minimum absolute atomic E-state index is 0.0569. The van der Waals surface area contributed by atoms with Gasteiger partial charge in [-0.2, -0.15) is 22.0 Å². The Bertz CT molecular complexity index is 640. The fourth-order valence-corrected chi connectivity index (χ4v) is 1.93. The number of aryl methyl sites for hydroxylation is 1. The van der Waals surface area contributed by atoms with Gasteiger partial charge in [-0.3, -0.25) is 0 Å². The Morgan fingerprint density at radius 2 is 1.76 bits per heavy atom. The lowest BCUT2D eigenvalue weighted by atomic mass is 9.97. The van der Waals surface area contributed by atoms with Crippen molar-refractivity contribution in [3.05, 3.63) is 47.7 Å². The molecule has 0 spiro atoms. The average molecular weight is 303 g/mol. The molecule has 0 unspecified atom stereocenters. The molecule has 1 aromatic heterocycles. The smallest absolute Gasteiger partial charge is 0.417 e. The zero-order valence-electron chi connectivity index (χ0n) is 10.8. The van der Waals surface area contributed by atoms with Crippen LogP contribution in [0.5, 0.6) is 5.88 Å². The maximum atomic E-state index is 13.0. The molecule has 7 heteroatoms. The van der Waals surface area contributed by atoms with E-state index >= 15 is 0 Å². The van der Waals surface area contributed by atoms with E-state index in [0.717, 1.165) is 12.3 Å². The number of hydrogen-bond acceptors (Lipinski definition) is 2. The number of aromatic nitrogens is 1. The molecule has 0 saturated carbocycles. The van der Waals surface area contributed by atoms with Gasteiger partial charge < -0.3 is 4.74 Å². The first-order valence-electron chi connectivity index (χ1n) is 5.87. The van der Waals surface area contributed by atoms with Crippen molar-refractivity contribution < 1.29 is 26.7 Å². The molecule has 0 aliphatic carbocycles. The van der Waals surface area contributed by atoms with Crippen molar-refractivity contribution in [3.63, 3.8) is 0 Å². The molecule has 1 heterocycles. The van der Waals surface area contributed by atoms with Crippen molar-refractivity contribution >= 4 is 0 Å². The Kier molecular flexibility index (Phi) is 4.11. The summed E-state index contributed by atoms with van der Waals surface area (Å²) in [5.41, 5.74) is -0.294. The minimum Gasteiger partial charge on any atom is -0.417 e. The van der Waals surface area contributed by atoms with Gasteiger partial charge in [0.15, 0.2) is 0 Å². The fourth-order valence-electron chi connectivity index (χ4n) is 1.93. The SMILES string of the molecule is Cc1cc(OC(F)F)ncc1-c1ccccc1C(F)(F)F. The summed E-state index contributed by atoms with van der Waals surface area (Å²) in [6.45, 7) is -1.53. The van der Waals surface area contributed by atoms with Gasteiger partial charge in [0.25, 0.3) is 0 Å². The summed E-state index contributed by atoms with van der Waals surface area (Å²) in [7, 11) is 0. The maximum Gasteiger partial charge on any atom is 0.417 e. The molecule has 0 radical (unpaired) electrons. The molecule has 0 amide bonds. The first kappa shape index (κ1) is 15.2. The molecule has 0 fully saturated rings. The first-order chi connectivity index (χ1) is 9.79. The van der Waals surface area contributed by atoms with E-state index in [0.29, 0.717) is 5.56 Å². The van der Waals surface area contributed by atoms with E-state index in [1.165, 1.54) is 31.2 Å². The molecular weight excluding hydrogens is 293 g/mol. The highest BCUT2D eigenvalue weighted by Gasteiger charge is 2.33. The van der Waals surface area contributed by atoms with Crippen LogP contribution in [0, 0.1) is 6.92 Å². The van der Waals surface area contributed by atoms with E-state index < -0.39 is 18.4 Å². The van der Waals surface area contributed by atoms with Crippen LogP contribution in [0.3, 0.4) is 0 Å². The lowest BCUT2D eigenvalue weighted by Crippen LogP contribution is -2.08. The van der Waals surface area contributed by atoms with Crippen molar-refractivity contribution in [3.8, 4) is 17.0 Å². The Morgan fingerprint density at radius 1 is 1.10 bits per heavy atom. The van der Waals surface area contributed by atoms with Crippen LogP contribution in [-0.4, -0.2) is 11.6 Å². The summed E-state index contributed by atoms with van der Waals surface area (Å²) in [6.07, 6.45) is -3.42. The molecule has 0 saturated heterocycles. The first-order valence-corrected chi connectivity index (χ1v) is 5.87. The predicted molar refractivity (Wildman–Crippen MR) is 66.0 cm³/mol. The highest BCUT2D eigenvalue weighted by atomic mass is 19.4. The molecule has 0 aliphatic heterocycles. The van der Waals surface area contributed by atoms with Crippen LogP contribution in [0.15, 0.2) is 36.5 Å². The molecule has 1 aromatic carbocycles. The minimum atomic E-state index is -4.51. The molecule has 0 N–H and O–H groups in total. The fraction of sp³-hybridized carbons (Fsp3) is 0.214. The molecule has 0 atom stereocenters. The molecule has 2 aromatic rings. The van der Waals surface area contributed by atoms with Crippen LogP contribution in [0.25, 0.3) is 11.1 Å². The van der Waals surface area contributed by atoms with Gasteiger partial charge in [-0.25, -0.2) is 4.98 Å². The van der Waals surface area contributed by atoms with Gasteiger partial charge in [0.05, 0.1) is 5.56 Å². The van der Waals surface area contributed by atoms with Gasteiger partial charge in [-0.05, 0) is 24.1 Å². The van der Waals surface area contributed by atoms with E-state index in [4.69, 9.17) is 0 Å². The second-order valence-electron chi connectivity index (χ2n) is 4.26. The van der Waals surface area contributed by atoms with Gasteiger partial charge in [0.1, 0.15) is 0 Å². The van der Waals surface area contributed by atoms with Crippen molar-refractivity contribution in [2.24, 2.45) is 0 Å². The van der Waals surface area contributed by atoms with Gasteiger partial charge in [-0.1, -0.05) is 18.2 Å². The Morgan fingerprint density at radius 3 is 2.33 bits per heavy atom. The van der Waals surface area contributed by atoms with Crippen LogP contribution in [0.4, 0.5) is 22.0 Å². The summed E-state index contributed by atoms with van der Waals surface area (Å²) in [6, 6.07) is 6.18. The lowest BCUT2D eigenvalue weighted by Gasteiger charge is -2.14. The Labute approximate surface area is 117 Å². The molecular formula is C14H10F5NO. The van der Waals surface area contributed by atoms with E-state index in [1.54, 1.807) is 0 Å². The quantitative estimate of drug-likeness (QED) is 0.768. The summed E-state index contributed by atoms with van der Waals surface area (Å²) in [4.78, 5) is 3.61. The van der Waals surface area contributed by atoms with Crippen LogP contribution in [0.1, 0.15) is 11.1 Å². The monoisotopic (exact) mass is 303 g/mol. The van der Waals surface area contributed by atoms with E-state index in [-0.39, 0.29) is 17.0 Å². The average Bonchev–Trinajstić information content (AvgIpc) is 2.37. The third kappa shape index (κ3) is 3.48. The highest BCUT2D eigenvalue weighted by molar-refractivity contribution is 5.70. The molecule has 2 nitrogen and oxygen atoms in total. The second kappa shape index (κ2) is 5.67. The van der Waals surface area contributed by atoms with Crippen molar-refractivity contribution in [2.75, 3.05) is 0 Å². The zero-order chi connectivity index (χ0) is 15.6. The van der Waals surface area contributed by atoms with Crippen molar-refractivity contribution in [1.29, 1.82) is 0 Å². The third-order valence-corrected chi connectivity index (χ3v) is 2.82. The van der Waals surface area contributed by atoms with Crippen LogP contribution < -0.4 is 4.74 Å². The number of rotatable bonds is 3. The zero-order valence-corrected chi connectivity index (χ0v) is 10.8. The van der Waals surface area contributed by atoms with Crippen LogP contribution >= 0.6 is 0 Å². The van der Waals surface area contributed by atoms with E-state index in [9.17, 15) is 22.0 Å². The highest BCUT2D eigenvalue weighted by Crippen LogP contribution is 2.38. The maximum absolute atomic E-state index is 13.0. The number of hydrogen-bond donors (Lipinski definition) is 0. The molecule has 0 aliphatic rings. The standard InChI is InChI=1S/C14H10F5NO/c1-8-6-12(21-13(15)16)20-7-10(8)9-4-2-3-5-11(9)14(17,18)19/h2-7,13H,1H3. The van der Waals surface area contributed by atoms with Gasteiger partial charge in [-0.15, -0.1) is 0 Å². The Balaban J connectivity index is 2.48. The molecule has 112 valence electrons.